The molecule has 1 fully saturated rings. The molecule has 1 atom stereocenters. The average Bonchev–Trinajstić information content (AvgIpc) is 3.29. The summed E-state index contributed by atoms with van der Waals surface area (Å²) in [6.45, 7) is 6.78. The summed E-state index contributed by atoms with van der Waals surface area (Å²) in [7, 11) is 1.76. The number of carbonyl (C=O) groups is 1. The Morgan fingerprint density at radius 1 is 1.19 bits per heavy atom. The van der Waals surface area contributed by atoms with E-state index in [0.717, 1.165) is 50.9 Å². The van der Waals surface area contributed by atoms with E-state index in [1.165, 1.54) is 4.88 Å². The third kappa shape index (κ3) is 8.29. The quantitative estimate of drug-likeness (QED) is 0.297. The second-order valence-corrected chi connectivity index (χ2v) is 8.61. The number of halogens is 1. The number of thiophene rings is 1. The van der Waals surface area contributed by atoms with Crippen molar-refractivity contribution >= 4 is 53.0 Å². The van der Waals surface area contributed by atoms with Gasteiger partial charge < -0.3 is 20.4 Å². The molecule has 3 rings (SSSR count). The minimum Gasteiger partial charge on any atom is -0.356 e. The predicted octanol–water partition coefficient (Wildman–Crippen LogP) is 2.84. The average molecular weight is 557 g/mol. The molecular formula is C22H33IN6OS. The monoisotopic (exact) mass is 556 g/mol. The molecule has 31 heavy (non-hydrogen) atoms. The fourth-order valence-electron chi connectivity index (χ4n) is 3.51. The van der Waals surface area contributed by atoms with Gasteiger partial charge in [-0.3, -0.25) is 9.79 Å². The van der Waals surface area contributed by atoms with Crippen LogP contribution in [0.3, 0.4) is 0 Å². The molecule has 0 saturated carbocycles. The normalized spacial score (nSPS) is 15.2. The minimum atomic E-state index is 0. The zero-order chi connectivity index (χ0) is 21.2. The number of pyridine rings is 1. The van der Waals surface area contributed by atoms with Crippen molar-refractivity contribution in [3.05, 3.63) is 46.8 Å². The van der Waals surface area contributed by atoms with Gasteiger partial charge in [0, 0.05) is 63.8 Å². The highest BCUT2D eigenvalue weighted by atomic mass is 127. The van der Waals surface area contributed by atoms with Crippen molar-refractivity contribution in [3.63, 3.8) is 0 Å². The lowest BCUT2D eigenvalue weighted by molar-refractivity contribution is -0.131. The van der Waals surface area contributed by atoms with Crippen LogP contribution in [0.25, 0.3) is 0 Å². The second kappa shape index (κ2) is 13.5. The van der Waals surface area contributed by atoms with Gasteiger partial charge in [0.05, 0.1) is 0 Å². The van der Waals surface area contributed by atoms with Crippen molar-refractivity contribution in [2.45, 2.75) is 19.8 Å². The number of anilines is 1. The van der Waals surface area contributed by atoms with Crippen LogP contribution in [-0.4, -0.2) is 68.1 Å². The Morgan fingerprint density at radius 3 is 2.65 bits per heavy atom. The number of amides is 1. The van der Waals surface area contributed by atoms with E-state index in [2.05, 4.69) is 49.9 Å². The number of nitrogens with one attached hydrogen (secondary N) is 2. The molecule has 0 aliphatic carbocycles. The number of hydrogen-bond donors (Lipinski definition) is 2. The first-order valence-electron chi connectivity index (χ1n) is 10.6. The lowest BCUT2D eigenvalue weighted by atomic mass is 10.1. The third-order valence-corrected chi connectivity index (χ3v) is 6.11. The summed E-state index contributed by atoms with van der Waals surface area (Å²) in [5, 5.41) is 8.74. The lowest BCUT2D eigenvalue weighted by Gasteiger charge is -2.35. The van der Waals surface area contributed by atoms with Crippen LogP contribution in [0.15, 0.2) is 46.9 Å². The molecule has 9 heteroatoms. The number of aromatic nitrogens is 1. The molecular weight excluding hydrogens is 523 g/mol. The third-order valence-electron chi connectivity index (χ3n) is 5.21. The van der Waals surface area contributed by atoms with Crippen molar-refractivity contribution in [2.75, 3.05) is 51.2 Å². The molecule has 0 spiro atoms. The van der Waals surface area contributed by atoms with Gasteiger partial charge in [0.25, 0.3) is 0 Å². The Bertz CT molecular complexity index is 794. The fourth-order valence-corrected chi connectivity index (χ4v) is 4.38. The SMILES string of the molecule is CN=C(NCCC(=O)N1CCN(c2ccccn2)CC1)NCC(C)Cc1cccs1.I. The van der Waals surface area contributed by atoms with Crippen molar-refractivity contribution in [3.8, 4) is 0 Å². The molecule has 2 N–H and O–H groups in total. The van der Waals surface area contributed by atoms with E-state index >= 15 is 0 Å². The molecule has 7 nitrogen and oxygen atoms in total. The Labute approximate surface area is 206 Å². The highest BCUT2D eigenvalue weighted by molar-refractivity contribution is 14.0. The Hall–Kier alpha value is -1.88. The van der Waals surface area contributed by atoms with Gasteiger partial charge in [0.15, 0.2) is 5.96 Å². The number of aliphatic imine (C=N–C) groups is 1. The Kier molecular flexibility index (Phi) is 11.1. The second-order valence-electron chi connectivity index (χ2n) is 7.57. The van der Waals surface area contributed by atoms with E-state index in [0.29, 0.717) is 18.9 Å². The molecule has 1 aliphatic rings. The number of nitrogens with zero attached hydrogens (tertiary/aromatic N) is 4. The number of guanidine groups is 1. The van der Waals surface area contributed by atoms with Crippen LogP contribution in [0.4, 0.5) is 5.82 Å². The van der Waals surface area contributed by atoms with Gasteiger partial charge in [-0.25, -0.2) is 4.98 Å². The topological polar surface area (TPSA) is 72.9 Å². The van der Waals surface area contributed by atoms with Crippen LogP contribution >= 0.6 is 35.3 Å². The zero-order valence-corrected chi connectivity index (χ0v) is 21.4. The highest BCUT2D eigenvalue weighted by Crippen LogP contribution is 2.14. The first-order chi connectivity index (χ1) is 14.7. The van der Waals surface area contributed by atoms with E-state index in [1.54, 1.807) is 18.4 Å². The summed E-state index contributed by atoms with van der Waals surface area (Å²) >= 11 is 1.80. The molecule has 2 aromatic rings. The van der Waals surface area contributed by atoms with Crippen LogP contribution in [0, 0.1) is 5.92 Å². The van der Waals surface area contributed by atoms with Crippen LogP contribution in [0.5, 0.6) is 0 Å². The summed E-state index contributed by atoms with van der Waals surface area (Å²) in [6, 6.07) is 10.2. The summed E-state index contributed by atoms with van der Waals surface area (Å²) < 4.78 is 0. The number of rotatable bonds is 8. The Balaban J connectivity index is 0.00000341. The minimum absolute atomic E-state index is 0. The molecule has 1 amide bonds. The van der Waals surface area contributed by atoms with Crippen LogP contribution in [0.1, 0.15) is 18.2 Å². The first kappa shape index (κ1) is 25.4. The van der Waals surface area contributed by atoms with E-state index in [-0.39, 0.29) is 29.9 Å². The summed E-state index contributed by atoms with van der Waals surface area (Å²) in [5.41, 5.74) is 0. The summed E-state index contributed by atoms with van der Waals surface area (Å²) in [5.74, 6) is 2.43. The molecule has 0 aromatic carbocycles. The van der Waals surface area contributed by atoms with Crippen LogP contribution in [-0.2, 0) is 11.2 Å². The van der Waals surface area contributed by atoms with Crippen molar-refractivity contribution < 1.29 is 4.79 Å². The van der Waals surface area contributed by atoms with Gasteiger partial charge in [-0.2, -0.15) is 0 Å². The van der Waals surface area contributed by atoms with E-state index in [9.17, 15) is 4.79 Å². The zero-order valence-electron chi connectivity index (χ0n) is 18.3. The maximum Gasteiger partial charge on any atom is 0.224 e. The molecule has 2 aromatic heterocycles. The van der Waals surface area contributed by atoms with Gasteiger partial charge in [0.2, 0.25) is 5.91 Å². The molecule has 0 radical (unpaired) electrons. The van der Waals surface area contributed by atoms with Gasteiger partial charge >= 0.3 is 0 Å². The van der Waals surface area contributed by atoms with Gasteiger partial charge in [-0.1, -0.05) is 19.1 Å². The van der Waals surface area contributed by atoms with E-state index in [1.807, 2.05) is 29.3 Å². The summed E-state index contributed by atoms with van der Waals surface area (Å²) in [6.07, 6.45) is 3.34. The molecule has 3 heterocycles. The number of hydrogen-bond acceptors (Lipinski definition) is 5. The van der Waals surface area contributed by atoms with E-state index < -0.39 is 0 Å². The van der Waals surface area contributed by atoms with Crippen molar-refractivity contribution in [2.24, 2.45) is 10.9 Å². The fraction of sp³-hybridized carbons (Fsp3) is 0.500. The highest BCUT2D eigenvalue weighted by Gasteiger charge is 2.21. The maximum atomic E-state index is 12.5. The van der Waals surface area contributed by atoms with Crippen molar-refractivity contribution in [1.82, 2.24) is 20.5 Å². The van der Waals surface area contributed by atoms with Gasteiger partial charge in [0.1, 0.15) is 5.82 Å². The molecule has 1 aliphatic heterocycles. The summed E-state index contributed by atoms with van der Waals surface area (Å²) in [4.78, 5) is 26.8. The predicted molar refractivity (Wildman–Crippen MR) is 140 cm³/mol. The molecule has 0 bridgehead atoms. The number of carbonyl (C=O) groups excluding carboxylic acids is 1. The smallest absolute Gasteiger partial charge is 0.224 e. The lowest BCUT2D eigenvalue weighted by Crippen LogP contribution is -2.49. The van der Waals surface area contributed by atoms with Crippen LogP contribution in [0.2, 0.25) is 0 Å². The Morgan fingerprint density at radius 2 is 2.00 bits per heavy atom. The molecule has 170 valence electrons. The molecule has 1 saturated heterocycles. The maximum absolute atomic E-state index is 12.5. The standard InChI is InChI=1S/C22H32N6OS.HI/c1-18(16-19-6-5-15-30-19)17-26-22(23-2)25-10-8-21(29)28-13-11-27(12-14-28)20-7-3-4-9-24-20;/h3-7,9,15,18H,8,10-14,16-17H2,1-2H3,(H2,23,25,26);1H. The van der Waals surface area contributed by atoms with E-state index in [4.69, 9.17) is 0 Å². The number of piperazine rings is 1. The first-order valence-corrected chi connectivity index (χ1v) is 11.4. The van der Waals surface area contributed by atoms with Crippen LogP contribution < -0.4 is 15.5 Å². The van der Waals surface area contributed by atoms with Gasteiger partial charge in [-0.15, -0.1) is 35.3 Å². The van der Waals surface area contributed by atoms with Crippen molar-refractivity contribution in [1.29, 1.82) is 0 Å². The van der Waals surface area contributed by atoms with Gasteiger partial charge in [-0.05, 0) is 35.9 Å². The largest absolute Gasteiger partial charge is 0.356 e. The molecule has 1 unspecified atom stereocenters.